The number of thiophene rings is 1. The number of aromatic nitrogens is 3. The molecule has 29 heavy (non-hydrogen) atoms. The monoisotopic (exact) mass is 446 g/mol. The lowest BCUT2D eigenvalue weighted by atomic mass is 10.2. The van der Waals surface area contributed by atoms with Gasteiger partial charge in [-0.25, -0.2) is 0 Å². The molecule has 3 aromatic rings. The Morgan fingerprint density at radius 2 is 2.07 bits per heavy atom. The fourth-order valence-corrected chi connectivity index (χ4v) is 5.43. The molecule has 1 atom stereocenters. The number of hydrogen-bond donors (Lipinski definition) is 1. The number of benzene rings is 1. The molecule has 1 unspecified atom stereocenters. The van der Waals surface area contributed by atoms with Gasteiger partial charge in [-0.2, -0.15) is 0 Å². The first-order chi connectivity index (χ1) is 14.1. The largest absolute Gasteiger partial charge is 0.350 e. The number of nitrogens with zero attached hydrogens (tertiary/aromatic N) is 3. The molecule has 5 nitrogen and oxygen atoms in total. The number of nitrogens with one attached hydrogen (secondary N) is 1. The summed E-state index contributed by atoms with van der Waals surface area (Å²) in [5.41, 5.74) is 0.884. The number of hydrogen-bond acceptors (Lipinski definition) is 5. The fraction of sp³-hybridized carbons (Fsp3) is 0.381. The molecule has 152 valence electrons. The smallest absolute Gasteiger partial charge is 0.233 e. The van der Waals surface area contributed by atoms with E-state index in [9.17, 15) is 4.79 Å². The molecule has 0 saturated heterocycles. The molecule has 1 saturated carbocycles. The van der Waals surface area contributed by atoms with Crippen molar-refractivity contribution in [2.75, 3.05) is 0 Å². The van der Waals surface area contributed by atoms with E-state index in [2.05, 4.69) is 20.1 Å². The van der Waals surface area contributed by atoms with Crippen molar-refractivity contribution in [1.29, 1.82) is 0 Å². The summed E-state index contributed by atoms with van der Waals surface area (Å²) < 4.78 is 2.20. The Hall–Kier alpha value is -1.83. The van der Waals surface area contributed by atoms with Gasteiger partial charge in [0.2, 0.25) is 5.91 Å². The van der Waals surface area contributed by atoms with Crippen molar-refractivity contribution in [2.24, 2.45) is 0 Å². The Morgan fingerprint density at radius 1 is 1.28 bits per heavy atom. The predicted octanol–water partition coefficient (Wildman–Crippen LogP) is 5.57. The first-order valence-corrected chi connectivity index (χ1v) is 11.9. The molecule has 2 heterocycles. The summed E-state index contributed by atoms with van der Waals surface area (Å²) in [4.78, 5) is 13.7. The molecule has 1 aliphatic rings. The van der Waals surface area contributed by atoms with E-state index in [1.807, 2.05) is 48.7 Å². The van der Waals surface area contributed by atoms with Gasteiger partial charge in [0.1, 0.15) is 0 Å². The van der Waals surface area contributed by atoms with Gasteiger partial charge in [-0.3, -0.25) is 9.36 Å². The Labute approximate surface area is 183 Å². The quantitative estimate of drug-likeness (QED) is 0.482. The minimum atomic E-state index is -0.265. The average molecular weight is 447 g/mol. The number of carbonyl (C=O) groups excluding carboxylic acids is 1. The molecule has 0 spiro atoms. The van der Waals surface area contributed by atoms with Crippen molar-refractivity contribution in [3.05, 3.63) is 51.7 Å². The van der Waals surface area contributed by atoms with Crippen molar-refractivity contribution in [2.45, 2.75) is 55.6 Å². The second kappa shape index (κ2) is 9.32. The third kappa shape index (κ3) is 4.68. The van der Waals surface area contributed by atoms with Crippen LogP contribution in [0.2, 0.25) is 5.02 Å². The van der Waals surface area contributed by atoms with Crippen LogP contribution < -0.4 is 5.32 Å². The van der Waals surface area contributed by atoms with Crippen LogP contribution in [0.5, 0.6) is 0 Å². The number of halogens is 1. The Bertz CT molecular complexity index is 967. The van der Waals surface area contributed by atoms with E-state index in [1.54, 1.807) is 11.3 Å². The molecule has 2 aromatic heterocycles. The van der Waals surface area contributed by atoms with Crippen molar-refractivity contribution < 1.29 is 4.79 Å². The number of rotatable bonds is 7. The van der Waals surface area contributed by atoms with Crippen molar-refractivity contribution >= 4 is 40.6 Å². The van der Waals surface area contributed by atoms with Crippen LogP contribution in [0.15, 0.2) is 46.9 Å². The van der Waals surface area contributed by atoms with E-state index < -0.39 is 0 Å². The van der Waals surface area contributed by atoms with Gasteiger partial charge in [-0.05, 0) is 43.3 Å². The molecular weight excluding hydrogens is 424 g/mol. The zero-order valence-electron chi connectivity index (χ0n) is 16.2. The minimum absolute atomic E-state index is 0.00339. The van der Waals surface area contributed by atoms with Gasteiger partial charge in [0, 0.05) is 16.5 Å². The van der Waals surface area contributed by atoms with Crippen molar-refractivity contribution in [3.8, 4) is 11.4 Å². The minimum Gasteiger partial charge on any atom is -0.350 e. The van der Waals surface area contributed by atoms with E-state index in [0.29, 0.717) is 17.6 Å². The van der Waals surface area contributed by atoms with Crippen LogP contribution in [0.3, 0.4) is 0 Å². The van der Waals surface area contributed by atoms with Gasteiger partial charge >= 0.3 is 0 Å². The third-order valence-electron chi connectivity index (χ3n) is 5.14. The Balaban J connectivity index is 1.55. The maximum Gasteiger partial charge on any atom is 0.233 e. The lowest BCUT2D eigenvalue weighted by Gasteiger charge is -2.18. The first-order valence-electron chi connectivity index (χ1n) is 9.80. The highest BCUT2D eigenvalue weighted by Gasteiger charge is 2.27. The summed E-state index contributed by atoms with van der Waals surface area (Å²) in [5, 5.41) is 15.1. The van der Waals surface area contributed by atoms with E-state index in [4.69, 9.17) is 11.6 Å². The lowest BCUT2D eigenvalue weighted by molar-refractivity contribution is -0.120. The molecule has 1 amide bonds. The zero-order valence-corrected chi connectivity index (χ0v) is 18.6. The molecule has 8 heteroatoms. The van der Waals surface area contributed by atoms with Gasteiger partial charge in [0.25, 0.3) is 0 Å². The molecule has 0 bridgehead atoms. The molecule has 1 fully saturated rings. The van der Waals surface area contributed by atoms with Gasteiger partial charge in [-0.15, -0.1) is 21.5 Å². The van der Waals surface area contributed by atoms with Crippen LogP contribution in [0.1, 0.15) is 43.5 Å². The van der Waals surface area contributed by atoms with E-state index in [-0.39, 0.29) is 11.2 Å². The molecule has 1 N–H and O–H groups in total. The van der Waals surface area contributed by atoms with Crippen LogP contribution in [-0.4, -0.2) is 25.9 Å². The zero-order chi connectivity index (χ0) is 20.2. The number of carbonyl (C=O) groups is 1. The summed E-state index contributed by atoms with van der Waals surface area (Å²) >= 11 is 9.54. The highest BCUT2D eigenvalue weighted by atomic mass is 35.5. The first kappa shape index (κ1) is 20.4. The van der Waals surface area contributed by atoms with E-state index >= 15 is 0 Å². The van der Waals surface area contributed by atoms with Crippen LogP contribution in [0, 0.1) is 0 Å². The molecule has 1 aromatic carbocycles. The van der Waals surface area contributed by atoms with Gasteiger partial charge < -0.3 is 5.32 Å². The lowest BCUT2D eigenvalue weighted by Crippen LogP contribution is -2.30. The Kier molecular flexibility index (Phi) is 6.57. The SMILES string of the molecule is CC(Sc1nnc(-c2ccccc2Cl)n1C1CCCC1)C(=O)NCc1cccs1. The fourth-order valence-electron chi connectivity index (χ4n) is 3.62. The van der Waals surface area contributed by atoms with Crippen LogP contribution in [-0.2, 0) is 11.3 Å². The predicted molar refractivity (Wildman–Crippen MR) is 119 cm³/mol. The summed E-state index contributed by atoms with van der Waals surface area (Å²) in [6, 6.07) is 12.1. The molecule has 0 aliphatic heterocycles. The normalized spacial score (nSPS) is 15.5. The van der Waals surface area contributed by atoms with Crippen molar-refractivity contribution in [3.63, 3.8) is 0 Å². The van der Waals surface area contributed by atoms with E-state index in [0.717, 1.165) is 34.3 Å². The van der Waals surface area contributed by atoms with Gasteiger partial charge in [0.15, 0.2) is 11.0 Å². The van der Waals surface area contributed by atoms with E-state index in [1.165, 1.54) is 24.6 Å². The third-order valence-corrected chi connectivity index (χ3v) is 7.40. The summed E-state index contributed by atoms with van der Waals surface area (Å²) in [6.07, 6.45) is 4.60. The summed E-state index contributed by atoms with van der Waals surface area (Å²) in [6.45, 7) is 2.47. The number of thioether (sulfide) groups is 1. The average Bonchev–Trinajstić information content (AvgIpc) is 3.48. The molecule has 1 aliphatic carbocycles. The molecule has 4 rings (SSSR count). The van der Waals surface area contributed by atoms with Crippen LogP contribution in [0.4, 0.5) is 0 Å². The topological polar surface area (TPSA) is 59.8 Å². The second-order valence-corrected chi connectivity index (χ2v) is 9.90. The van der Waals surface area contributed by atoms with Crippen LogP contribution in [0.25, 0.3) is 11.4 Å². The molecular formula is C21H23ClN4OS2. The Morgan fingerprint density at radius 3 is 2.79 bits per heavy atom. The van der Waals surface area contributed by atoms with Gasteiger partial charge in [-0.1, -0.05) is 54.4 Å². The number of amides is 1. The maximum atomic E-state index is 12.6. The standard InChI is InChI=1S/C21H23ClN4OS2/c1-14(20(27)23-13-16-9-6-12-28-16)29-21-25-24-19(17-10-4-5-11-18(17)22)26(21)15-7-2-3-8-15/h4-6,9-12,14-15H,2-3,7-8,13H2,1H3,(H,23,27). The summed E-state index contributed by atoms with van der Waals surface area (Å²) in [5.74, 6) is 0.792. The maximum absolute atomic E-state index is 12.6. The highest BCUT2D eigenvalue weighted by molar-refractivity contribution is 8.00. The van der Waals surface area contributed by atoms with Crippen molar-refractivity contribution in [1.82, 2.24) is 20.1 Å². The summed E-state index contributed by atoms with van der Waals surface area (Å²) in [7, 11) is 0. The van der Waals surface area contributed by atoms with Crippen LogP contribution >= 0.6 is 34.7 Å². The highest BCUT2D eigenvalue weighted by Crippen LogP contribution is 2.38. The van der Waals surface area contributed by atoms with Gasteiger partial charge in [0.05, 0.1) is 16.8 Å². The second-order valence-electron chi connectivity index (χ2n) is 7.15. The molecule has 0 radical (unpaired) electrons.